The Balaban J connectivity index is 2.40. The summed E-state index contributed by atoms with van der Waals surface area (Å²) in [6.45, 7) is 4.13. The standard InChI is InChI=1S/C11H18O3S/c1-8-5-6-14-10(8)7-15-9(2)11(12-3)13-4/h5-6,9,11H,7H2,1-4H3. The number of hydrogen-bond acceptors (Lipinski definition) is 4. The predicted molar refractivity (Wildman–Crippen MR) is 62.0 cm³/mol. The molecular formula is C11H18O3S. The summed E-state index contributed by atoms with van der Waals surface area (Å²) in [6.07, 6.45) is 1.56. The van der Waals surface area contributed by atoms with Crippen molar-refractivity contribution in [1.29, 1.82) is 0 Å². The summed E-state index contributed by atoms with van der Waals surface area (Å²) in [7, 11) is 3.31. The molecule has 0 bridgehead atoms. The molecule has 4 heteroatoms. The summed E-state index contributed by atoms with van der Waals surface area (Å²) in [5.41, 5.74) is 1.20. The third-order valence-corrected chi connectivity index (χ3v) is 3.47. The smallest absolute Gasteiger partial charge is 0.168 e. The molecule has 1 rings (SSSR count). The van der Waals surface area contributed by atoms with E-state index >= 15 is 0 Å². The van der Waals surface area contributed by atoms with Crippen LogP contribution >= 0.6 is 11.8 Å². The summed E-state index contributed by atoms with van der Waals surface area (Å²) >= 11 is 1.76. The van der Waals surface area contributed by atoms with Crippen LogP contribution in [0.5, 0.6) is 0 Å². The molecule has 1 aromatic heterocycles. The molecule has 0 aromatic carbocycles. The molecule has 15 heavy (non-hydrogen) atoms. The molecule has 0 aliphatic carbocycles. The lowest BCUT2D eigenvalue weighted by Crippen LogP contribution is -2.24. The Bertz CT molecular complexity index is 281. The zero-order valence-electron chi connectivity index (χ0n) is 9.65. The minimum absolute atomic E-state index is 0.162. The van der Waals surface area contributed by atoms with Gasteiger partial charge in [0.25, 0.3) is 0 Å². The van der Waals surface area contributed by atoms with E-state index in [0.29, 0.717) is 0 Å². The average molecular weight is 230 g/mol. The van der Waals surface area contributed by atoms with Gasteiger partial charge >= 0.3 is 0 Å². The molecule has 0 aliphatic rings. The number of methoxy groups -OCH3 is 2. The Kier molecular flexibility index (Phi) is 5.22. The zero-order valence-corrected chi connectivity index (χ0v) is 10.5. The number of hydrogen-bond donors (Lipinski definition) is 0. The molecular weight excluding hydrogens is 212 g/mol. The second kappa shape index (κ2) is 6.20. The first-order valence-electron chi connectivity index (χ1n) is 4.89. The van der Waals surface area contributed by atoms with Crippen molar-refractivity contribution < 1.29 is 13.9 Å². The molecule has 0 amide bonds. The Labute approximate surface area is 95.1 Å². The minimum atomic E-state index is -0.162. The Morgan fingerprint density at radius 2 is 2.07 bits per heavy atom. The van der Waals surface area contributed by atoms with Crippen LogP contribution in [0.2, 0.25) is 0 Å². The van der Waals surface area contributed by atoms with E-state index in [2.05, 4.69) is 6.92 Å². The van der Waals surface area contributed by atoms with Gasteiger partial charge in [0.2, 0.25) is 0 Å². The van der Waals surface area contributed by atoms with Gasteiger partial charge in [0.05, 0.1) is 17.3 Å². The molecule has 1 unspecified atom stereocenters. The van der Waals surface area contributed by atoms with Gasteiger partial charge in [-0.2, -0.15) is 0 Å². The Morgan fingerprint density at radius 1 is 1.40 bits per heavy atom. The topological polar surface area (TPSA) is 31.6 Å². The van der Waals surface area contributed by atoms with Crippen LogP contribution in [0.1, 0.15) is 18.2 Å². The second-order valence-corrected chi connectivity index (χ2v) is 4.75. The van der Waals surface area contributed by atoms with Crippen LogP contribution in [0, 0.1) is 6.92 Å². The summed E-state index contributed by atoms with van der Waals surface area (Å²) in [5.74, 6) is 1.88. The van der Waals surface area contributed by atoms with Crippen LogP contribution in [0.15, 0.2) is 16.7 Å². The monoisotopic (exact) mass is 230 g/mol. The Hall–Kier alpha value is -0.450. The van der Waals surface area contributed by atoms with E-state index in [-0.39, 0.29) is 11.5 Å². The highest BCUT2D eigenvalue weighted by molar-refractivity contribution is 7.99. The molecule has 0 aliphatic heterocycles. The normalized spacial score (nSPS) is 13.4. The summed E-state index contributed by atoms with van der Waals surface area (Å²) < 4.78 is 15.7. The first-order chi connectivity index (χ1) is 7.19. The van der Waals surface area contributed by atoms with E-state index in [4.69, 9.17) is 13.9 Å². The zero-order chi connectivity index (χ0) is 11.3. The number of ether oxygens (including phenoxy) is 2. The van der Waals surface area contributed by atoms with E-state index in [1.165, 1.54) is 5.56 Å². The van der Waals surface area contributed by atoms with Crippen LogP contribution in [0.3, 0.4) is 0 Å². The average Bonchev–Trinajstić information content (AvgIpc) is 2.63. The van der Waals surface area contributed by atoms with E-state index < -0.39 is 0 Å². The van der Waals surface area contributed by atoms with E-state index in [0.717, 1.165) is 11.5 Å². The van der Waals surface area contributed by atoms with Crippen molar-refractivity contribution in [2.45, 2.75) is 31.1 Å². The number of furan rings is 1. The van der Waals surface area contributed by atoms with Crippen molar-refractivity contribution in [1.82, 2.24) is 0 Å². The fourth-order valence-electron chi connectivity index (χ4n) is 1.32. The molecule has 1 aromatic rings. The lowest BCUT2D eigenvalue weighted by Gasteiger charge is -2.20. The van der Waals surface area contributed by atoms with Gasteiger partial charge in [0, 0.05) is 14.2 Å². The third-order valence-electron chi connectivity index (χ3n) is 2.29. The summed E-state index contributed by atoms with van der Waals surface area (Å²) in [5, 5.41) is 0.282. The molecule has 0 saturated heterocycles. The molecule has 3 nitrogen and oxygen atoms in total. The number of rotatable bonds is 6. The van der Waals surface area contributed by atoms with E-state index in [9.17, 15) is 0 Å². The van der Waals surface area contributed by atoms with Gasteiger partial charge in [-0.05, 0) is 25.5 Å². The molecule has 0 radical (unpaired) electrons. The Morgan fingerprint density at radius 3 is 2.53 bits per heavy atom. The lowest BCUT2D eigenvalue weighted by atomic mass is 10.3. The highest BCUT2D eigenvalue weighted by Gasteiger charge is 2.17. The number of thioether (sulfide) groups is 1. The van der Waals surface area contributed by atoms with Gasteiger partial charge in [0.1, 0.15) is 5.76 Å². The minimum Gasteiger partial charge on any atom is -0.468 e. The van der Waals surface area contributed by atoms with Crippen LogP contribution in [0.4, 0.5) is 0 Å². The predicted octanol–water partition coefficient (Wildman–Crippen LogP) is 2.83. The fraction of sp³-hybridized carbons (Fsp3) is 0.636. The molecule has 1 heterocycles. The van der Waals surface area contributed by atoms with Gasteiger partial charge in [-0.25, -0.2) is 0 Å². The lowest BCUT2D eigenvalue weighted by molar-refractivity contribution is -0.0988. The van der Waals surface area contributed by atoms with Gasteiger partial charge in [0.15, 0.2) is 6.29 Å². The van der Waals surface area contributed by atoms with Crippen LogP contribution in [-0.4, -0.2) is 25.8 Å². The van der Waals surface area contributed by atoms with E-state index in [1.54, 1.807) is 32.2 Å². The number of aryl methyl sites for hydroxylation is 1. The van der Waals surface area contributed by atoms with Gasteiger partial charge in [-0.3, -0.25) is 0 Å². The maximum absolute atomic E-state index is 5.36. The first kappa shape index (κ1) is 12.6. The quantitative estimate of drug-likeness (QED) is 0.703. The van der Waals surface area contributed by atoms with Crippen LogP contribution < -0.4 is 0 Å². The molecule has 0 N–H and O–H groups in total. The van der Waals surface area contributed by atoms with Crippen molar-refractivity contribution >= 4 is 11.8 Å². The first-order valence-corrected chi connectivity index (χ1v) is 5.94. The maximum atomic E-state index is 5.36. The van der Waals surface area contributed by atoms with Gasteiger partial charge in [-0.1, -0.05) is 0 Å². The third kappa shape index (κ3) is 3.55. The van der Waals surface area contributed by atoms with E-state index in [1.807, 2.05) is 13.0 Å². The van der Waals surface area contributed by atoms with Crippen molar-refractivity contribution in [2.75, 3.05) is 14.2 Å². The molecule has 0 fully saturated rings. The van der Waals surface area contributed by atoms with Crippen molar-refractivity contribution in [3.05, 3.63) is 23.7 Å². The molecule has 86 valence electrons. The maximum Gasteiger partial charge on any atom is 0.168 e. The van der Waals surface area contributed by atoms with Crippen molar-refractivity contribution in [3.63, 3.8) is 0 Å². The van der Waals surface area contributed by atoms with Gasteiger partial charge < -0.3 is 13.9 Å². The highest BCUT2D eigenvalue weighted by Crippen LogP contribution is 2.23. The van der Waals surface area contributed by atoms with Crippen LogP contribution in [-0.2, 0) is 15.2 Å². The van der Waals surface area contributed by atoms with Crippen molar-refractivity contribution in [2.24, 2.45) is 0 Å². The van der Waals surface area contributed by atoms with Crippen molar-refractivity contribution in [3.8, 4) is 0 Å². The highest BCUT2D eigenvalue weighted by atomic mass is 32.2. The summed E-state index contributed by atoms with van der Waals surface area (Å²) in [6, 6.07) is 1.98. The van der Waals surface area contributed by atoms with Crippen LogP contribution in [0.25, 0.3) is 0 Å². The SMILES string of the molecule is COC(OC)C(C)SCc1occc1C. The molecule has 0 spiro atoms. The second-order valence-electron chi connectivity index (χ2n) is 3.38. The largest absolute Gasteiger partial charge is 0.468 e. The summed E-state index contributed by atoms with van der Waals surface area (Å²) in [4.78, 5) is 0. The van der Waals surface area contributed by atoms with Gasteiger partial charge in [-0.15, -0.1) is 11.8 Å². The molecule has 1 atom stereocenters. The fourth-order valence-corrected chi connectivity index (χ4v) is 2.41. The molecule has 0 saturated carbocycles.